The van der Waals surface area contributed by atoms with E-state index in [1.165, 1.54) is 30.3 Å². The molecule has 0 aromatic heterocycles. The molecule has 0 aliphatic carbocycles. The molecule has 0 N–H and O–H groups in total. The van der Waals surface area contributed by atoms with Crippen LogP contribution in [0.25, 0.3) is 6.08 Å². The lowest BCUT2D eigenvalue weighted by atomic mass is 10.1. The van der Waals surface area contributed by atoms with Gasteiger partial charge in [0.05, 0.1) is 22.5 Å². The van der Waals surface area contributed by atoms with Gasteiger partial charge in [-0.25, -0.2) is 8.42 Å². The van der Waals surface area contributed by atoms with Gasteiger partial charge in [-0.15, -0.1) is 0 Å². The summed E-state index contributed by atoms with van der Waals surface area (Å²) in [5.74, 6) is -2.81. The van der Waals surface area contributed by atoms with E-state index in [4.69, 9.17) is 0 Å². The molecule has 0 atom stereocenters. The third-order valence-corrected chi connectivity index (χ3v) is 3.76. The molecule has 0 aliphatic rings. The van der Waals surface area contributed by atoms with Crippen LogP contribution >= 0.6 is 0 Å². The molecule has 0 unspecified atom stereocenters. The maximum absolute atomic E-state index is 13.0. The van der Waals surface area contributed by atoms with Gasteiger partial charge in [-0.3, -0.25) is 0 Å². The molecule has 0 saturated carbocycles. The topological polar surface area (TPSA) is 66.4 Å². The lowest BCUT2D eigenvalue weighted by Crippen LogP contribution is -2.62. The van der Waals surface area contributed by atoms with Gasteiger partial charge in [-0.05, 0) is 11.1 Å². The van der Waals surface area contributed by atoms with Crippen molar-refractivity contribution in [1.29, 1.82) is 0 Å². The molecule has 11 heteroatoms. The second-order valence-electron chi connectivity index (χ2n) is 4.76. The summed E-state index contributed by atoms with van der Waals surface area (Å²) in [4.78, 5) is 0. The van der Waals surface area contributed by atoms with Gasteiger partial charge in [-0.2, -0.15) is 26.3 Å². The van der Waals surface area contributed by atoms with Gasteiger partial charge in [-0.1, -0.05) is 36.9 Å². The van der Waals surface area contributed by atoms with E-state index < -0.39 is 40.4 Å². The molecule has 0 radical (unpaired) electrons. The van der Waals surface area contributed by atoms with Crippen LogP contribution in [0, 0.1) is 0 Å². The Bertz CT molecular complexity index is 662. The predicted octanol–water partition coefficient (Wildman–Crippen LogP) is 3.25. The van der Waals surface area contributed by atoms with Crippen molar-refractivity contribution in [3.8, 4) is 0 Å². The van der Waals surface area contributed by atoms with Crippen molar-refractivity contribution in [3.63, 3.8) is 0 Å². The number of hydrogen-bond donors (Lipinski definition) is 0. The fraction of sp³-hybridized carbons (Fsp3) is 0.385. The van der Waals surface area contributed by atoms with E-state index >= 15 is 0 Å². The van der Waals surface area contributed by atoms with Crippen LogP contribution in [0.3, 0.4) is 0 Å². The minimum Gasteiger partial charge on any atom is -0.748 e. The molecule has 1 aromatic rings. The maximum atomic E-state index is 13.0. The molecule has 4 nitrogen and oxygen atoms in total. The molecule has 0 aliphatic heterocycles. The lowest BCUT2D eigenvalue weighted by Gasteiger charge is -2.37. The molecule has 0 bridgehead atoms. The van der Waals surface area contributed by atoms with E-state index in [9.17, 15) is 39.3 Å². The van der Waals surface area contributed by atoms with E-state index in [0.29, 0.717) is 5.56 Å². The average Bonchev–Trinajstić information content (AvgIpc) is 2.40. The zero-order chi connectivity index (χ0) is 18.8. The third-order valence-electron chi connectivity index (χ3n) is 3.00. The smallest absolute Gasteiger partial charge is 0.427 e. The lowest BCUT2D eigenvalue weighted by molar-refractivity contribution is -0.375. The van der Waals surface area contributed by atoms with Gasteiger partial charge in [0.15, 0.2) is 0 Å². The highest BCUT2D eigenvalue weighted by Gasteiger charge is 2.73. The summed E-state index contributed by atoms with van der Waals surface area (Å²) in [7, 11) is -5.89. The summed E-state index contributed by atoms with van der Waals surface area (Å²) in [5.41, 5.74) is -4.64. The van der Waals surface area contributed by atoms with Crippen molar-refractivity contribution in [3.05, 3.63) is 42.0 Å². The molecule has 0 spiro atoms. The molecule has 1 aromatic carbocycles. The van der Waals surface area contributed by atoms with Crippen LogP contribution in [-0.4, -0.2) is 36.7 Å². The first-order chi connectivity index (χ1) is 10.7. The zero-order valence-corrected chi connectivity index (χ0v) is 12.6. The Kier molecular flexibility index (Phi) is 5.73. The van der Waals surface area contributed by atoms with E-state index in [2.05, 4.69) is 11.3 Å². The Labute approximate surface area is 133 Å². The highest BCUT2D eigenvalue weighted by Crippen LogP contribution is 2.47. The van der Waals surface area contributed by atoms with Crippen LogP contribution in [0.2, 0.25) is 0 Å². The van der Waals surface area contributed by atoms with Crippen molar-refractivity contribution in [2.24, 2.45) is 0 Å². The van der Waals surface area contributed by atoms with Gasteiger partial charge in [0, 0.05) is 0 Å². The van der Waals surface area contributed by atoms with Crippen LogP contribution in [0.15, 0.2) is 30.8 Å². The number of ether oxygens (including phenoxy) is 1. The minimum atomic E-state index is -6.16. The summed E-state index contributed by atoms with van der Waals surface area (Å²) < 4.78 is 113. The summed E-state index contributed by atoms with van der Waals surface area (Å²) in [6.45, 7) is 2.22. The average molecular weight is 377 g/mol. The monoisotopic (exact) mass is 377 g/mol. The molecule has 0 heterocycles. The molecule has 0 amide bonds. The van der Waals surface area contributed by atoms with Gasteiger partial charge < -0.3 is 9.29 Å². The first-order valence-electron chi connectivity index (χ1n) is 6.14. The molecule has 0 fully saturated rings. The molecule has 0 saturated heterocycles. The Balaban J connectivity index is 3.23. The van der Waals surface area contributed by atoms with Crippen molar-refractivity contribution in [2.45, 2.75) is 24.6 Å². The fourth-order valence-corrected chi connectivity index (χ4v) is 2.64. The van der Waals surface area contributed by atoms with Crippen molar-refractivity contribution < 1.29 is 44.0 Å². The molecular formula is C13H11F6O4S-. The standard InChI is InChI=1S/C13H12F6O4S/c1-2-9-3-5-10(6-4-9)7-23-11(12(14,15)16,13(17,18)19)8-24(20,21)22/h2-6H,1,7-8H2,(H,20,21,22)/p-1. The highest BCUT2D eigenvalue weighted by molar-refractivity contribution is 7.85. The Morgan fingerprint density at radius 3 is 1.83 bits per heavy atom. The van der Waals surface area contributed by atoms with E-state index in [1.807, 2.05) is 0 Å². The van der Waals surface area contributed by atoms with Gasteiger partial charge in [0.2, 0.25) is 0 Å². The summed E-state index contributed by atoms with van der Waals surface area (Å²) in [6.07, 6.45) is -10.9. The Hall–Kier alpha value is -1.59. The van der Waals surface area contributed by atoms with Gasteiger partial charge >= 0.3 is 12.4 Å². The zero-order valence-electron chi connectivity index (χ0n) is 11.8. The van der Waals surface area contributed by atoms with Crippen LogP contribution in [-0.2, 0) is 21.5 Å². The molecule has 24 heavy (non-hydrogen) atoms. The predicted molar refractivity (Wildman–Crippen MR) is 70.7 cm³/mol. The molecule has 136 valence electrons. The second-order valence-corrected chi connectivity index (χ2v) is 6.16. The Morgan fingerprint density at radius 2 is 1.50 bits per heavy atom. The molecular weight excluding hydrogens is 366 g/mol. The minimum absolute atomic E-state index is 0.0817. The molecule has 1 rings (SSSR count). The van der Waals surface area contributed by atoms with Crippen LogP contribution in [0.1, 0.15) is 11.1 Å². The number of halogens is 6. The highest BCUT2D eigenvalue weighted by atomic mass is 32.2. The SMILES string of the molecule is C=Cc1ccc(COC(CS(=O)(=O)[O-])(C(F)(F)F)C(F)(F)F)cc1. The van der Waals surface area contributed by atoms with Crippen molar-refractivity contribution >= 4 is 16.2 Å². The largest absolute Gasteiger partial charge is 0.748 e. The summed E-state index contributed by atoms with van der Waals surface area (Å²) >= 11 is 0. The van der Waals surface area contributed by atoms with Crippen molar-refractivity contribution in [1.82, 2.24) is 0 Å². The van der Waals surface area contributed by atoms with E-state index in [0.717, 1.165) is 0 Å². The number of benzene rings is 1. The number of alkyl halides is 6. The van der Waals surface area contributed by atoms with E-state index in [-0.39, 0.29) is 5.56 Å². The van der Waals surface area contributed by atoms with Gasteiger partial charge in [0.1, 0.15) is 0 Å². The number of hydrogen-bond acceptors (Lipinski definition) is 4. The fourth-order valence-electron chi connectivity index (χ4n) is 1.74. The summed E-state index contributed by atoms with van der Waals surface area (Å²) in [5, 5.41) is 0. The quantitative estimate of drug-likeness (QED) is 0.564. The van der Waals surface area contributed by atoms with E-state index in [1.54, 1.807) is 0 Å². The normalized spacial score (nSPS) is 13.8. The first kappa shape index (κ1) is 20.5. The van der Waals surface area contributed by atoms with Gasteiger partial charge in [0.25, 0.3) is 5.60 Å². The van der Waals surface area contributed by atoms with Crippen molar-refractivity contribution in [2.75, 3.05) is 5.75 Å². The number of rotatable bonds is 6. The third kappa shape index (κ3) is 4.71. The maximum Gasteiger partial charge on any atom is 0.427 e. The second kappa shape index (κ2) is 6.73. The van der Waals surface area contributed by atoms with Crippen LogP contribution in [0.5, 0.6) is 0 Å². The Morgan fingerprint density at radius 1 is 1.04 bits per heavy atom. The summed E-state index contributed by atoms with van der Waals surface area (Å²) in [6, 6.07) is 5.08. The first-order valence-corrected chi connectivity index (χ1v) is 7.72. The van der Waals surface area contributed by atoms with Crippen LogP contribution in [0.4, 0.5) is 26.3 Å². The van der Waals surface area contributed by atoms with Crippen LogP contribution < -0.4 is 0 Å².